The molecule has 0 aliphatic rings. The van der Waals surface area contributed by atoms with Crippen molar-refractivity contribution in [2.45, 2.75) is 20.8 Å². The van der Waals surface area contributed by atoms with Crippen molar-refractivity contribution in [2.24, 2.45) is 4.99 Å². The smallest absolute Gasteiger partial charge is 0.161 e. The second kappa shape index (κ2) is 8.03. The Balaban J connectivity index is 1.98. The van der Waals surface area contributed by atoms with Crippen molar-refractivity contribution in [1.82, 2.24) is 9.38 Å². The fraction of sp³-hybridized carbons (Fsp3) is 0.200. The Kier molecular flexibility index (Phi) is 5.27. The predicted octanol–water partition coefficient (Wildman–Crippen LogP) is 5.18. The highest BCUT2D eigenvalue weighted by atomic mass is 16.5. The van der Waals surface area contributed by atoms with Gasteiger partial charge in [-0.15, -0.1) is 0 Å². The maximum atomic E-state index is 5.47. The Morgan fingerprint density at radius 2 is 1.57 bits per heavy atom. The van der Waals surface area contributed by atoms with Gasteiger partial charge in [0, 0.05) is 17.8 Å². The molecule has 0 aliphatic heterocycles. The summed E-state index contributed by atoms with van der Waals surface area (Å²) in [5.74, 6) is 1.36. The third kappa shape index (κ3) is 3.66. The fourth-order valence-electron chi connectivity index (χ4n) is 3.76. The summed E-state index contributed by atoms with van der Waals surface area (Å²) in [5.41, 5.74) is 7.94. The van der Waals surface area contributed by atoms with E-state index in [9.17, 15) is 0 Å². The minimum absolute atomic E-state index is 0.668. The molecule has 0 unspecified atom stereocenters. The zero-order chi connectivity index (χ0) is 21.3. The van der Waals surface area contributed by atoms with Gasteiger partial charge in [0.2, 0.25) is 0 Å². The highest BCUT2D eigenvalue weighted by Gasteiger charge is 2.10. The van der Waals surface area contributed by atoms with Crippen molar-refractivity contribution in [2.75, 3.05) is 14.2 Å². The Labute approximate surface area is 176 Å². The molecule has 4 aromatic rings. The van der Waals surface area contributed by atoms with Gasteiger partial charge in [0.15, 0.2) is 11.5 Å². The Morgan fingerprint density at radius 3 is 2.27 bits per heavy atom. The van der Waals surface area contributed by atoms with Crippen LogP contribution in [-0.4, -0.2) is 23.6 Å². The molecule has 0 atom stereocenters. The average Bonchev–Trinajstić information content (AvgIpc) is 2.75. The summed E-state index contributed by atoms with van der Waals surface area (Å²) < 4.78 is 12.8. The van der Waals surface area contributed by atoms with E-state index in [4.69, 9.17) is 19.5 Å². The molecule has 2 aromatic carbocycles. The lowest BCUT2D eigenvalue weighted by Gasteiger charge is -2.11. The fourth-order valence-corrected chi connectivity index (χ4v) is 3.76. The van der Waals surface area contributed by atoms with E-state index in [1.165, 1.54) is 5.56 Å². The van der Waals surface area contributed by atoms with E-state index in [0.29, 0.717) is 11.5 Å². The molecule has 0 fully saturated rings. The first-order valence-electron chi connectivity index (χ1n) is 9.83. The first kappa shape index (κ1) is 19.7. The molecule has 0 saturated heterocycles. The van der Waals surface area contributed by atoms with Gasteiger partial charge in [-0.25, -0.2) is 9.98 Å². The van der Waals surface area contributed by atoms with Crippen LogP contribution in [0.4, 0.5) is 5.69 Å². The summed E-state index contributed by atoms with van der Waals surface area (Å²) in [7, 11) is 3.26. The number of nitrogens with zero attached hydrogens (tertiary/aromatic N) is 3. The minimum Gasteiger partial charge on any atom is -0.493 e. The first-order chi connectivity index (χ1) is 14.5. The van der Waals surface area contributed by atoms with Crippen molar-refractivity contribution in [1.29, 1.82) is 0 Å². The average molecular weight is 399 g/mol. The Morgan fingerprint density at radius 1 is 0.833 bits per heavy atom. The van der Waals surface area contributed by atoms with Crippen LogP contribution in [-0.2, 0) is 0 Å². The number of hydrogen-bond donors (Lipinski definition) is 0. The highest BCUT2D eigenvalue weighted by Crippen LogP contribution is 2.31. The number of hydrogen-bond acceptors (Lipinski definition) is 4. The molecule has 5 nitrogen and oxygen atoms in total. The Hall–Kier alpha value is -3.60. The van der Waals surface area contributed by atoms with Crippen LogP contribution in [0, 0.1) is 20.8 Å². The van der Waals surface area contributed by atoms with Crippen LogP contribution in [0.2, 0.25) is 0 Å². The quantitative estimate of drug-likeness (QED) is 0.475. The first-order valence-corrected chi connectivity index (χ1v) is 9.83. The second-order valence-electron chi connectivity index (χ2n) is 7.36. The van der Waals surface area contributed by atoms with Gasteiger partial charge in [-0.3, -0.25) is 4.40 Å². The van der Waals surface area contributed by atoms with Crippen LogP contribution in [0.15, 0.2) is 65.8 Å². The molecule has 0 N–H and O–H groups in total. The summed E-state index contributed by atoms with van der Waals surface area (Å²) in [5, 5.41) is 0. The van der Waals surface area contributed by atoms with E-state index in [1.54, 1.807) is 14.2 Å². The number of rotatable bonds is 4. The number of aryl methyl sites for hydroxylation is 3. The summed E-state index contributed by atoms with van der Waals surface area (Å²) in [6, 6.07) is 18.1. The summed E-state index contributed by atoms with van der Waals surface area (Å²) in [6.07, 6.45) is 1.98. The van der Waals surface area contributed by atoms with Gasteiger partial charge in [-0.1, -0.05) is 23.8 Å². The lowest BCUT2D eigenvalue weighted by molar-refractivity contribution is 0.355. The van der Waals surface area contributed by atoms with Crippen molar-refractivity contribution >= 4 is 11.3 Å². The van der Waals surface area contributed by atoms with E-state index in [-0.39, 0.29) is 0 Å². The zero-order valence-corrected chi connectivity index (χ0v) is 17.9. The second-order valence-corrected chi connectivity index (χ2v) is 7.36. The number of ether oxygens (including phenoxy) is 2. The number of fused-ring (bicyclic) bond motifs is 1. The van der Waals surface area contributed by atoms with Crippen LogP contribution in [0.5, 0.6) is 11.5 Å². The molecule has 0 radical (unpaired) electrons. The van der Waals surface area contributed by atoms with Gasteiger partial charge < -0.3 is 9.47 Å². The third-order valence-electron chi connectivity index (χ3n) is 5.13. The summed E-state index contributed by atoms with van der Waals surface area (Å²) in [6.45, 7) is 6.31. The molecule has 0 bridgehead atoms. The topological polar surface area (TPSA) is 48.1 Å². The summed E-state index contributed by atoms with van der Waals surface area (Å²) >= 11 is 0. The molecule has 2 aromatic heterocycles. The standard InChI is InChI=1S/C25H25N3O2/c1-16-12-17(2)25(18(3)13-16)27-24-15-20(26-23-8-6-7-11-28(23)24)19-9-10-21(29-4)22(14-19)30-5/h6-15H,1-5H3/b27-24+. The lowest BCUT2D eigenvalue weighted by atomic mass is 10.1. The van der Waals surface area contributed by atoms with Gasteiger partial charge in [0.25, 0.3) is 0 Å². The maximum Gasteiger partial charge on any atom is 0.161 e. The van der Waals surface area contributed by atoms with Gasteiger partial charge in [0.05, 0.1) is 25.6 Å². The SMILES string of the molecule is COc1ccc(-c2c/c(=N\c3c(C)cc(C)cc3C)n3ccccc3n2)cc1OC. The van der Waals surface area contributed by atoms with Crippen LogP contribution >= 0.6 is 0 Å². The summed E-state index contributed by atoms with van der Waals surface area (Å²) in [4.78, 5) is 9.88. The zero-order valence-electron chi connectivity index (χ0n) is 17.9. The Bertz CT molecular complexity index is 1280. The van der Waals surface area contributed by atoms with Crippen LogP contribution in [0.3, 0.4) is 0 Å². The predicted molar refractivity (Wildman–Crippen MR) is 120 cm³/mol. The van der Waals surface area contributed by atoms with Gasteiger partial charge in [-0.2, -0.15) is 0 Å². The van der Waals surface area contributed by atoms with Crippen molar-refractivity contribution in [3.63, 3.8) is 0 Å². The monoisotopic (exact) mass is 399 g/mol. The van der Waals surface area contributed by atoms with Crippen LogP contribution in [0.25, 0.3) is 16.9 Å². The highest BCUT2D eigenvalue weighted by molar-refractivity contribution is 5.65. The third-order valence-corrected chi connectivity index (χ3v) is 5.13. The minimum atomic E-state index is 0.668. The molecule has 0 aliphatic carbocycles. The molecule has 0 saturated carbocycles. The molecule has 0 spiro atoms. The van der Waals surface area contributed by atoms with E-state index < -0.39 is 0 Å². The van der Waals surface area contributed by atoms with E-state index in [0.717, 1.165) is 39.2 Å². The van der Waals surface area contributed by atoms with Crippen molar-refractivity contribution < 1.29 is 9.47 Å². The van der Waals surface area contributed by atoms with E-state index in [1.807, 2.05) is 53.1 Å². The van der Waals surface area contributed by atoms with Crippen molar-refractivity contribution in [3.8, 4) is 22.8 Å². The van der Waals surface area contributed by atoms with E-state index in [2.05, 4.69) is 32.9 Å². The number of aromatic nitrogens is 2. The van der Waals surface area contributed by atoms with Gasteiger partial charge >= 0.3 is 0 Å². The van der Waals surface area contributed by atoms with E-state index >= 15 is 0 Å². The normalized spacial score (nSPS) is 11.7. The molecule has 4 rings (SSSR count). The number of benzene rings is 2. The molecular weight excluding hydrogens is 374 g/mol. The number of pyridine rings is 1. The van der Waals surface area contributed by atoms with Crippen molar-refractivity contribution in [3.05, 3.63) is 83.0 Å². The molecule has 0 amide bonds. The largest absolute Gasteiger partial charge is 0.493 e. The molecule has 2 heterocycles. The molecular formula is C25H25N3O2. The van der Waals surface area contributed by atoms with Crippen LogP contribution < -0.4 is 15.0 Å². The van der Waals surface area contributed by atoms with Gasteiger partial charge in [-0.05, 0) is 62.2 Å². The number of methoxy groups -OCH3 is 2. The van der Waals surface area contributed by atoms with Crippen LogP contribution in [0.1, 0.15) is 16.7 Å². The molecule has 152 valence electrons. The molecule has 30 heavy (non-hydrogen) atoms. The molecule has 5 heteroatoms. The maximum absolute atomic E-state index is 5.47. The van der Waals surface area contributed by atoms with Gasteiger partial charge in [0.1, 0.15) is 11.1 Å². The lowest BCUT2D eigenvalue weighted by Crippen LogP contribution is -2.16.